The molecule has 1 aliphatic heterocycles. The molecule has 134 valence electrons. The van der Waals surface area contributed by atoms with Crippen molar-refractivity contribution in [3.8, 4) is 5.75 Å². The number of hydrogen-bond acceptors (Lipinski definition) is 4. The molecule has 0 bridgehead atoms. The maximum Gasteiger partial charge on any atom is 0.247 e. The van der Waals surface area contributed by atoms with Crippen molar-refractivity contribution in [3.05, 3.63) is 54.1 Å². The van der Waals surface area contributed by atoms with E-state index < -0.39 is 6.04 Å². The molecule has 6 nitrogen and oxygen atoms in total. The predicted molar refractivity (Wildman–Crippen MR) is 98.6 cm³/mol. The molecule has 0 aliphatic carbocycles. The van der Waals surface area contributed by atoms with Crippen LogP contribution in [0.5, 0.6) is 5.75 Å². The Labute approximate surface area is 151 Å². The van der Waals surface area contributed by atoms with Gasteiger partial charge in [-0.25, -0.2) is 0 Å². The summed E-state index contributed by atoms with van der Waals surface area (Å²) in [6.07, 6.45) is 0.765. The summed E-state index contributed by atoms with van der Waals surface area (Å²) in [7, 11) is 1.57. The molecule has 1 aliphatic rings. The van der Waals surface area contributed by atoms with Gasteiger partial charge in [0.15, 0.2) is 5.78 Å². The van der Waals surface area contributed by atoms with Crippen molar-refractivity contribution in [1.29, 1.82) is 0 Å². The molecule has 1 fully saturated rings. The van der Waals surface area contributed by atoms with Crippen molar-refractivity contribution in [1.82, 2.24) is 0 Å². The van der Waals surface area contributed by atoms with Crippen LogP contribution < -0.4 is 15.0 Å². The van der Waals surface area contributed by atoms with Crippen LogP contribution in [0.15, 0.2) is 48.5 Å². The minimum atomic E-state index is -0.586. The molecule has 3 rings (SSSR count). The highest BCUT2D eigenvalue weighted by atomic mass is 16.5. The van der Waals surface area contributed by atoms with Crippen LogP contribution in [-0.2, 0) is 9.59 Å². The molecule has 6 heteroatoms. The van der Waals surface area contributed by atoms with Crippen molar-refractivity contribution in [2.75, 3.05) is 17.3 Å². The number of benzene rings is 2. The lowest BCUT2D eigenvalue weighted by molar-refractivity contribution is -0.120. The summed E-state index contributed by atoms with van der Waals surface area (Å²) in [4.78, 5) is 38.1. The molecule has 0 aromatic heterocycles. The smallest absolute Gasteiger partial charge is 0.247 e. The highest BCUT2D eigenvalue weighted by molar-refractivity contribution is 6.08. The van der Waals surface area contributed by atoms with Crippen LogP contribution in [0, 0.1) is 0 Å². The Bertz CT molecular complexity index is 845. The SMILES string of the molecule is COc1ccc(N2C(=O)CCC2C(=O)Nc2cccc(C(C)=O)c2)cc1. The van der Waals surface area contributed by atoms with Crippen LogP contribution in [0.3, 0.4) is 0 Å². The summed E-state index contributed by atoms with van der Waals surface area (Å²) in [5.41, 5.74) is 1.72. The number of ether oxygens (including phenoxy) is 1. The highest BCUT2D eigenvalue weighted by Crippen LogP contribution is 2.29. The van der Waals surface area contributed by atoms with Gasteiger partial charge in [-0.05, 0) is 49.7 Å². The maximum atomic E-state index is 12.7. The third-order valence-electron chi connectivity index (χ3n) is 4.40. The molecular formula is C20H20N2O4. The molecule has 2 aromatic carbocycles. The number of nitrogens with one attached hydrogen (secondary N) is 1. The molecule has 0 spiro atoms. The van der Waals surface area contributed by atoms with E-state index in [0.29, 0.717) is 35.5 Å². The van der Waals surface area contributed by atoms with Gasteiger partial charge >= 0.3 is 0 Å². The number of anilines is 2. The summed E-state index contributed by atoms with van der Waals surface area (Å²) in [6.45, 7) is 1.47. The molecule has 1 unspecified atom stereocenters. The minimum absolute atomic E-state index is 0.0722. The number of Topliss-reactive ketones (excluding diaryl/α,β-unsaturated/α-hetero) is 1. The third kappa shape index (κ3) is 3.59. The molecule has 2 aromatic rings. The van der Waals surface area contributed by atoms with Crippen LogP contribution in [0.2, 0.25) is 0 Å². The lowest BCUT2D eigenvalue weighted by Gasteiger charge is -2.24. The molecule has 1 heterocycles. The second-order valence-electron chi connectivity index (χ2n) is 6.14. The Hall–Kier alpha value is -3.15. The van der Waals surface area contributed by atoms with Gasteiger partial charge in [0.25, 0.3) is 0 Å². The van der Waals surface area contributed by atoms with Gasteiger partial charge < -0.3 is 10.1 Å². The fraction of sp³-hybridized carbons (Fsp3) is 0.250. The summed E-state index contributed by atoms with van der Waals surface area (Å²) in [5, 5.41) is 2.81. The van der Waals surface area contributed by atoms with E-state index >= 15 is 0 Å². The Morgan fingerprint density at radius 3 is 2.54 bits per heavy atom. The molecule has 1 saturated heterocycles. The summed E-state index contributed by atoms with van der Waals surface area (Å²) < 4.78 is 5.13. The van der Waals surface area contributed by atoms with Gasteiger partial charge in [-0.1, -0.05) is 12.1 Å². The molecule has 26 heavy (non-hydrogen) atoms. The van der Waals surface area contributed by atoms with E-state index in [1.807, 2.05) is 0 Å². The first-order chi connectivity index (χ1) is 12.5. The zero-order valence-corrected chi connectivity index (χ0v) is 14.7. The van der Waals surface area contributed by atoms with Gasteiger partial charge in [0.1, 0.15) is 11.8 Å². The van der Waals surface area contributed by atoms with E-state index in [1.165, 1.54) is 11.8 Å². The third-order valence-corrected chi connectivity index (χ3v) is 4.40. The Balaban J connectivity index is 1.80. The first kappa shape index (κ1) is 17.7. The average molecular weight is 352 g/mol. The normalized spacial score (nSPS) is 16.5. The summed E-state index contributed by atoms with van der Waals surface area (Å²) in [5.74, 6) is 0.250. The van der Waals surface area contributed by atoms with E-state index in [1.54, 1.807) is 55.6 Å². The number of nitrogens with zero attached hydrogens (tertiary/aromatic N) is 1. The quantitative estimate of drug-likeness (QED) is 0.839. The zero-order valence-electron chi connectivity index (χ0n) is 14.7. The van der Waals surface area contributed by atoms with E-state index in [0.717, 1.165) is 0 Å². The fourth-order valence-corrected chi connectivity index (χ4v) is 3.04. The first-order valence-electron chi connectivity index (χ1n) is 8.37. The van der Waals surface area contributed by atoms with Crippen LogP contribution in [0.1, 0.15) is 30.1 Å². The van der Waals surface area contributed by atoms with Crippen molar-refractivity contribution in [2.45, 2.75) is 25.8 Å². The van der Waals surface area contributed by atoms with Crippen molar-refractivity contribution < 1.29 is 19.1 Å². The lowest BCUT2D eigenvalue weighted by atomic mass is 10.1. The molecule has 0 radical (unpaired) electrons. The number of ketones is 1. The largest absolute Gasteiger partial charge is 0.497 e. The van der Waals surface area contributed by atoms with E-state index in [2.05, 4.69) is 5.32 Å². The predicted octanol–water partition coefficient (Wildman–Crippen LogP) is 3.03. The molecule has 1 N–H and O–H groups in total. The second kappa shape index (κ2) is 7.39. The molecule has 0 saturated carbocycles. The number of rotatable bonds is 5. The van der Waals surface area contributed by atoms with Crippen molar-refractivity contribution >= 4 is 29.0 Å². The van der Waals surface area contributed by atoms with Crippen molar-refractivity contribution in [2.24, 2.45) is 0 Å². The molecule has 2 amide bonds. The molecule has 1 atom stereocenters. The van der Waals surface area contributed by atoms with Crippen LogP contribution >= 0.6 is 0 Å². The minimum Gasteiger partial charge on any atom is -0.497 e. The van der Waals surface area contributed by atoms with Crippen LogP contribution in [0.25, 0.3) is 0 Å². The second-order valence-corrected chi connectivity index (χ2v) is 6.14. The van der Waals surface area contributed by atoms with E-state index in [-0.39, 0.29) is 17.6 Å². The van der Waals surface area contributed by atoms with E-state index in [9.17, 15) is 14.4 Å². The molecular weight excluding hydrogens is 332 g/mol. The Kier molecular flexibility index (Phi) is 5.02. The Morgan fingerprint density at radius 2 is 1.88 bits per heavy atom. The maximum absolute atomic E-state index is 12.7. The summed E-state index contributed by atoms with van der Waals surface area (Å²) >= 11 is 0. The van der Waals surface area contributed by atoms with Crippen LogP contribution in [0.4, 0.5) is 11.4 Å². The number of methoxy groups -OCH3 is 1. The van der Waals surface area contributed by atoms with Gasteiger partial charge in [0, 0.05) is 23.4 Å². The van der Waals surface area contributed by atoms with Gasteiger partial charge in [0.05, 0.1) is 7.11 Å². The highest BCUT2D eigenvalue weighted by Gasteiger charge is 2.37. The van der Waals surface area contributed by atoms with Crippen molar-refractivity contribution in [3.63, 3.8) is 0 Å². The first-order valence-corrected chi connectivity index (χ1v) is 8.37. The number of amides is 2. The number of carbonyl (C=O) groups is 3. The zero-order chi connectivity index (χ0) is 18.7. The van der Waals surface area contributed by atoms with Gasteiger partial charge in [0.2, 0.25) is 11.8 Å². The van der Waals surface area contributed by atoms with E-state index in [4.69, 9.17) is 4.74 Å². The van der Waals surface area contributed by atoms with Gasteiger partial charge in [-0.2, -0.15) is 0 Å². The lowest BCUT2D eigenvalue weighted by Crippen LogP contribution is -2.41. The fourth-order valence-electron chi connectivity index (χ4n) is 3.04. The topological polar surface area (TPSA) is 75.7 Å². The number of hydrogen-bond donors (Lipinski definition) is 1. The summed E-state index contributed by atoms with van der Waals surface area (Å²) in [6, 6.07) is 13.2. The Morgan fingerprint density at radius 1 is 1.15 bits per heavy atom. The van der Waals surface area contributed by atoms with Gasteiger partial charge in [-0.15, -0.1) is 0 Å². The monoisotopic (exact) mass is 352 g/mol. The standard InChI is InChI=1S/C20H20N2O4/c1-13(23)14-4-3-5-15(12-14)21-20(25)18-10-11-19(24)22(18)16-6-8-17(26-2)9-7-16/h3-9,12,18H,10-11H2,1-2H3,(H,21,25). The van der Waals surface area contributed by atoms with Crippen LogP contribution in [-0.4, -0.2) is 30.7 Å². The average Bonchev–Trinajstić information content (AvgIpc) is 3.03. The number of carbonyl (C=O) groups excluding carboxylic acids is 3. The van der Waals surface area contributed by atoms with Gasteiger partial charge in [-0.3, -0.25) is 19.3 Å².